The Labute approximate surface area is 176 Å². The van der Waals surface area contributed by atoms with Gasteiger partial charge in [0.2, 0.25) is 10.0 Å². The van der Waals surface area contributed by atoms with Gasteiger partial charge in [-0.2, -0.15) is 4.31 Å². The lowest BCUT2D eigenvalue weighted by molar-refractivity contribution is 0.151. The third kappa shape index (κ3) is 5.91. The number of hydrogen-bond acceptors (Lipinski definition) is 3. The van der Waals surface area contributed by atoms with Gasteiger partial charge < -0.3 is 0 Å². The summed E-state index contributed by atoms with van der Waals surface area (Å²) in [5, 5.41) is 0. The third-order valence-corrected chi connectivity index (χ3v) is 7.74. The monoisotopic (exact) mass is 414 g/mol. The summed E-state index contributed by atoms with van der Waals surface area (Å²) in [4.78, 5) is 2.82. The second kappa shape index (κ2) is 10.4. The molecule has 1 saturated heterocycles. The van der Waals surface area contributed by atoms with Gasteiger partial charge in [0.25, 0.3) is 0 Å². The maximum absolute atomic E-state index is 13.5. The number of nitrogens with zero attached hydrogens (tertiary/aromatic N) is 2. The van der Waals surface area contributed by atoms with E-state index in [0.717, 1.165) is 31.5 Å². The van der Waals surface area contributed by atoms with Crippen molar-refractivity contribution in [3.05, 3.63) is 65.7 Å². The van der Waals surface area contributed by atoms with Crippen molar-refractivity contribution in [2.24, 2.45) is 0 Å². The van der Waals surface area contributed by atoms with E-state index in [4.69, 9.17) is 0 Å². The number of hydrogen-bond donors (Lipinski definition) is 0. The molecule has 0 saturated carbocycles. The number of aryl methyl sites for hydroxylation is 1. The molecule has 29 heavy (non-hydrogen) atoms. The maximum Gasteiger partial charge on any atom is 0.243 e. The first-order valence-electron chi connectivity index (χ1n) is 10.9. The van der Waals surface area contributed by atoms with Gasteiger partial charge in [-0.05, 0) is 56.0 Å². The maximum atomic E-state index is 13.5. The van der Waals surface area contributed by atoms with Crippen LogP contribution < -0.4 is 0 Å². The molecule has 0 aromatic heterocycles. The summed E-state index contributed by atoms with van der Waals surface area (Å²) in [5.74, 6) is 0. The van der Waals surface area contributed by atoms with Crippen LogP contribution in [0.25, 0.3) is 0 Å². The Hall–Kier alpha value is -1.69. The van der Waals surface area contributed by atoms with Gasteiger partial charge >= 0.3 is 0 Å². The van der Waals surface area contributed by atoms with E-state index >= 15 is 0 Å². The van der Waals surface area contributed by atoms with E-state index in [9.17, 15) is 8.42 Å². The second-order valence-corrected chi connectivity index (χ2v) is 10.0. The van der Waals surface area contributed by atoms with Crippen molar-refractivity contribution in [2.45, 2.75) is 63.4 Å². The van der Waals surface area contributed by atoms with Crippen LogP contribution in [-0.2, 0) is 23.0 Å². The molecule has 2 aromatic carbocycles. The molecule has 3 rings (SSSR count). The fourth-order valence-electron chi connectivity index (χ4n) is 4.07. The molecule has 0 aliphatic carbocycles. The van der Waals surface area contributed by atoms with Gasteiger partial charge in [0.05, 0.1) is 4.90 Å². The Morgan fingerprint density at radius 2 is 1.72 bits per heavy atom. The molecule has 1 aliphatic rings. The molecule has 1 fully saturated rings. The van der Waals surface area contributed by atoms with Crippen molar-refractivity contribution >= 4 is 10.0 Å². The highest BCUT2D eigenvalue weighted by atomic mass is 32.2. The number of rotatable bonds is 9. The van der Waals surface area contributed by atoms with E-state index in [2.05, 4.69) is 18.7 Å². The highest BCUT2D eigenvalue weighted by Crippen LogP contribution is 2.21. The molecule has 1 heterocycles. The highest BCUT2D eigenvalue weighted by Gasteiger charge is 2.26. The largest absolute Gasteiger partial charge is 0.299 e. The minimum Gasteiger partial charge on any atom is -0.299 e. The fraction of sp³-hybridized carbons (Fsp3) is 0.500. The SMILES string of the molecule is CCCc1ccc(S(=O)(=O)N(CCN2CCCCC2C)Cc2ccccc2)cc1. The van der Waals surface area contributed by atoms with Crippen molar-refractivity contribution in [2.75, 3.05) is 19.6 Å². The van der Waals surface area contributed by atoms with Gasteiger partial charge in [-0.1, -0.05) is 62.2 Å². The number of sulfonamides is 1. The Morgan fingerprint density at radius 1 is 1.00 bits per heavy atom. The van der Waals surface area contributed by atoms with E-state index in [1.165, 1.54) is 24.8 Å². The molecule has 2 aromatic rings. The molecule has 5 heteroatoms. The van der Waals surface area contributed by atoms with E-state index in [1.807, 2.05) is 42.5 Å². The van der Waals surface area contributed by atoms with E-state index in [0.29, 0.717) is 24.0 Å². The zero-order valence-corrected chi connectivity index (χ0v) is 18.6. The van der Waals surface area contributed by atoms with Gasteiger partial charge in [-0.25, -0.2) is 8.42 Å². The average molecular weight is 415 g/mol. The molecule has 0 amide bonds. The molecule has 158 valence electrons. The van der Waals surface area contributed by atoms with Crippen molar-refractivity contribution in [3.63, 3.8) is 0 Å². The summed E-state index contributed by atoms with van der Waals surface area (Å²) in [6, 6.07) is 17.8. The van der Waals surface area contributed by atoms with Crippen LogP contribution in [0, 0.1) is 0 Å². The Balaban J connectivity index is 1.80. The zero-order chi connectivity index (χ0) is 20.7. The quantitative estimate of drug-likeness (QED) is 0.597. The zero-order valence-electron chi connectivity index (χ0n) is 17.8. The predicted octanol–water partition coefficient (Wildman–Crippen LogP) is 4.70. The molecule has 0 N–H and O–H groups in total. The number of likely N-dealkylation sites (tertiary alicyclic amines) is 1. The molecule has 1 unspecified atom stereocenters. The Morgan fingerprint density at radius 3 is 2.38 bits per heavy atom. The van der Waals surface area contributed by atoms with Gasteiger partial charge in [0.1, 0.15) is 0 Å². The molecule has 1 aliphatic heterocycles. The lowest BCUT2D eigenvalue weighted by Gasteiger charge is -2.35. The van der Waals surface area contributed by atoms with Gasteiger partial charge in [0, 0.05) is 25.7 Å². The summed E-state index contributed by atoms with van der Waals surface area (Å²) in [6.07, 6.45) is 5.70. The molecule has 0 radical (unpaired) electrons. The topological polar surface area (TPSA) is 40.6 Å². The lowest BCUT2D eigenvalue weighted by Crippen LogP contribution is -2.43. The Kier molecular flexibility index (Phi) is 7.87. The van der Waals surface area contributed by atoms with Crippen LogP contribution in [-0.4, -0.2) is 43.3 Å². The van der Waals surface area contributed by atoms with Crippen LogP contribution in [0.5, 0.6) is 0 Å². The minimum atomic E-state index is -3.54. The average Bonchev–Trinajstić information content (AvgIpc) is 2.73. The fourth-order valence-corrected chi connectivity index (χ4v) is 5.49. The van der Waals surface area contributed by atoms with Crippen LogP contribution in [0.3, 0.4) is 0 Å². The molecule has 0 bridgehead atoms. The normalized spacial score (nSPS) is 18.2. The molecular weight excluding hydrogens is 380 g/mol. The van der Waals surface area contributed by atoms with Gasteiger partial charge in [-0.3, -0.25) is 4.90 Å². The smallest absolute Gasteiger partial charge is 0.243 e. The highest BCUT2D eigenvalue weighted by molar-refractivity contribution is 7.89. The minimum absolute atomic E-state index is 0.389. The van der Waals surface area contributed by atoms with Crippen LogP contribution in [0.2, 0.25) is 0 Å². The van der Waals surface area contributed by atoms with Crippen LogP contribution in [0.4, 0.5) is 0 Å². The standard InChI is InChI=1S/C24H34N2O2S/c1-3-9-22-13-15-24(16-14-22)29(27,28)26(20-23-11-5-4-6-12-23)19-18-25-17-8-7-10-21(25)2/h4-6,11-16,21H,3,7-10,17-20H2,1-2H3. The summed E-state index contributed by atoms with van der Waals surface area (Å²) in [5.41, 5.74) is 2.20. The molecule has 0 spiro atoms. The summed E-state index contributed by atoms with van der Waals surface area (Å²) < 4.78 is 28.6. The van der Waals surface area contributed by atoms with Crippen LogP contribution in [0.15, 0.2) is 59.5 Å². The lowest BCUT2D eigenvalue weighted by atomic mass is 10.0. The first-order chi connectivity index (χ1) is 14.0. The van der Waals surface area contributed by atoms with E-state index in [-0.39, 0.29) is 0 Å². The summed E-state index contributed by atoms with van der Waals surface area (Å²) in [7, 11) is -3.54. The van der Waals surface area contributed by atoms with E-state index < -0.39 is 10.0 Å². The first-order valence-corrected chi connectivity index (χ1v) is 12.3. The van der Waals surface area contributed by atoms with Crippen molar-refractivity contribution in [1.82, 2.24) is 9.21 Å². The van der Waals surface area contributed by atoms with Gasteiger partial charge in [-0.15, -0.1) is 0 Å². The van der Waals surface area contributed by atoms with Crippen LogP contribution >= 0.6 is 0 Å². The van der Waals surface area contributed by atoms with Gasteiger partial charge in [0.15, 0.2) is 0 Å². The van der Waals surface area contributed by atoms with Crippen molar-refractivity contribution < 1.29 is 8.42 Å². The first kappa shape index (κ1) is 22.0. The van der Waals surface area contributed by atoms with Crippen LogP contribution in [0.1, 0.15) is 50.7 Å². The predicted molar refractivity (Wildman–Crippen MR) is 119 cm³/mol. The third-order valence-electron chi connectivity index (χ3n) is 5.88. The summed E-state index contributed by atoms with van der Waals surface area (Å²) >= 11 is 0. The van der Waals surface area contributed by atoms with Crippen molar-refractivity contribution in [1.29, 1.82) is 0 Å². The van der Waals surface area contributed by atoms with Crippen molar-refractivity contribution in [3.8, 4) is 0 Å². The second-order valence-electron chi connectivity index (χ2n) is 8.10. The van der Waals surface area contributed by atoms with E-state index in [1.54, 1.807) is 16.4 Å². The summed E-state index contributed by atoms with van der Waals surface area (Å²) in [6.45, 7) is 7.14. The molecule has 1 atom stereocenters. The number of piperidine rings is 1. The molecular formula is C24H34N2O2S. The molecule has 4 nitrogen and oxygen atoms in total. The number of benzene rings is 2. The Bertz CT molecular complexity index is 850.